The fourth-order valence-electron chi connectivity index (χ4n) is 4.33. The van der Waals surface area contributed by atoms with Gasteiger partial charge < -0.3 is 10.1 Å². The number of nitrogens with one attached hydrogen (secondary N) is 1. The first-order valence-corrected chi connectivity index (χ1v) is 11.8. The van der Waals surface area contributed by atoms with E-state index in [1.807, 2.05) is 54.6 Å². The molecule has 1 atom stereocenters. The Morgan fingerprint density at radius 3 is 2.38 bits per heavy atom. The maximum absolute atomic E-state index is 13.4. The molecule has 0 saturated heterocycles. The molecule has 0 radical (unpaired) electrons. The van der Waals surface area contributed by atoms with E-state index in [2.05, 4.69) is 5.32 Å². The third kappa shape index (κ3) is 4.29. The average Bonchev–Trinajstić information content (AvgIpc) is 3.67. The van der Waals surface area contributed by atoms with Crippen LogP contribution in [0.15, 0.2) is 77.6 Å². The van der Waals surface area contributed by atoms with Crippen molar-refractivity contribution in [3.8, 4) is 11.4 Å². The Hall–Kier alpha value is -3.28. The molecule has 5 nitrogen and oxygen atoms in total. The molecule has 0 aliphatic heterocycles. The molecule has 1 aromatic heterocycles. The van der Waals surface area contributed by atoms with Crippen LogP contribution in [0.5, 0.6) is 5.75 Å². The predicted molar refractivity (Wildman–Crippen MR) is 135 cm³/mol. The molecule has 0 unspecified atom stereocenters. The normalized spacial score (nSPS) is 14.1. The lowest BCUT2D eigenvalue weighted by Crippen LogP contribution is -2.33. The smallest absolute Gasteiger partial charge is 0.408 e. The molecule has 0 spiro atoms. The maximum atomic E-state index is 13.4. The molecule has 34 heavy (non-hydrogen) atoms. The third-order valence-electron chi connectivity index (χ3n) is 6.14. The zero-order chi connectivity index (χ0) is 23.8. The van der Waals surface area contributed by atoms with E-state index in [0.29, 0.717) is 43.9 Å². The summed E-state index contributed by atoms with van der Waals surface area (Å²) in [5, 5.41) is 4.76. The number of pyridine rings is 1. The molecule has 1 heterocycles. The van der Waals surface area contributed by atoms with Crippen molar-refractivity contribution >= 4 is 40.1 Å². The molecule has 4 aromatic rings. The van der Waals surface area contributed by atoms with E-state index in [-0.39, 0.29) is 11.6 Å². The Labute approximate surface area is 206 Å². The number of rotatable bonds is 5. The molecule has 172 valence electrons. The van der Waals surface area contributed by atoms with E-state index in [9.17, 15) is 9.59 Å². The van der Waals surface area contributed by atoms with Crippen LogP contribution in [-0.4, -0.2) is 10.7 Å². The van der Waals surface area contributed by atoms with Crippen molar-refractivity contribution in [2.75, 3.05) is 0 Å². The minimum atomic E-state index is -0.588. The second-order valence-corrected chi connectivity index (χ2v) is 9.30. The van der Waals surface area contributed by atoms with Crippen LogP contribution in [0.4, 0.5) is 4.79 Å². The number of benzene rings is 3. The van der Waals surface area contributed by atoms with Gasteiger partial charge in [0.05, 0.1) is 22.1 Å². The highest BCUT2D eigenvalue weighted by atomic mass is 35.5. The van der Waals surface area contributed by atoms with Crippen molar-refractivity contribution in [2.45, 2.75) is 25.8 Å². The van der Waals surface area contributed by atoms with Crippen molar-refractivity contribution < 1.29 is 9.53 Å². The van der Waals surface area contributed by atoms with Gasteiger partial charge in [-0.15, -0.1) is 0 Å². The number of hydrogen-bond donors (Lipinski definition) is 1. The van der Waals surface area contributed by atoms with Crippen LogP contribution in [0.25, 0.3) is 16.5 Å². The lowest BCUT2D eigenvalue weighted by atomic mass is 10.0. The van der Waals surface area contributed by atoms with Gasteiger partial charge in [0.2, 0.25) is 0 Å². The van der Waals surface area contributed by atoms with Gasteiger partial charge in [0.25, 0.3) is 5.56 Å². The minimum Gasteiger partial charge on any atom is -0.408 e. The number of nitrogens with zero attached hydrogens (tertiary/aromatic N) is 1. The van der Waals surface area contributed by atoms with Crippen LogP contribution >= 0.6 is 23.2 Å². The van der Waals surface area contributed by atoms with Gasteiger partial charge in [-0.05, 0) is 61.6 Å². The van der Waals surface area contributed by atoms with Gasteiger partial charge in [-0.1, -0.05) is 65.7 Å². The molecule has 1 saturated carbocycles. The molecule has 1 fully saturated rings. The van der Waals surface area contributed by atoms with Crippen LogP contribution in [-0.2, 0) is 0 Å². The summed E-state index contributed by atoms with van der Waals surface area (Å²) in [5.41, 5.74) is 1.88. The first kappa shape index (κ1) is 22.5. The van der Waals surface area contributed by atoms with E-state index < -0.39 is 6.09 Å². The minimum absolute atomic E-state index is 0.181. The molecule has 3 aromatic carbocycles. The average molecular weight is 493 g/mol. The highest BCUT2D eigenvalue weighted by Crippen LogP contribution is 2.41. The standard InChI is InChI=1S/C27H22Cl2N2O3/c1-16-25(34-27(33)30-24(17-10-11-17)18-12-14-19(28)15-13-18)21-8-5-9-22(29)23(21)26(32)31(16)20-6-3-2-4-7-20/h2-9,12-15,17,24H,10-11H2,1H3,(H,30,33)/t24-/m0/s1. The van der Waals surface area contributed by atoms with Crippen LogP contribution in [0.3, 0.4) is 0 Å². The summed E-state index contributed by atoms with van der Waals surface area (Å²) in [4.78, 5) is 26.5. The molecule has 1 aliphatic rings. The quantitative estimate of drug-likeness (QED) is 0.331. The number of aromatic nitrogens is 1. The monoisotopic (exact) mass is 492 g/mol. The van der Waals surface area contributed by atoms with Crippen molar-refractivity contribution in [3.05, 3.63) is 104 Å². The summed E-state index contributed by atoms with van der Waals surface area (Å²) in [6.45, 7) is 1.76. The molecule has 5 rings (SSSR count). The summed E-state index contributed by atoms with van der Waals surface area (Å²) in [5.74, 6) is 0.642. The van der Waals surface area contributed by atoms with Crippen LogP contribution in [0.1, 0.15) is 30.1 Å². The Morgan fingerprint density at radius 2 is 1.71 bits per heavy atom. The number of para-hydroxylation sites is 1. The number of amides is 1. The summed E-state index contributed by atoms with van der Waals surface area (Å²) < 4.78 is 7.41. The number of ether oxygens (including phenoxy) is 1. The van der Waals surface area contributed by atoms with Gasteiger partial charge in [-0.2, -0.15) is 0 Å². The zero-order valence-corrected chi connectivity index (χ0v) is 19.9. The molecule has 1 aliphatic carbocycles. The second kappa shape index (κ2) is 9.16. The second-order valence-electron chi connectivity index (χ2n) is 8.45. The number of halogens is 2. The highest BCUT2D eigenvalue weighted by Gasteiger charge is 2.34. The number of carbonyl (C=O) groups is 1. The van der Waals surface area contributed by atoms with E-state index in [1.165, 1.54) is 4.57 Å². The molecular weight excluding hydrogens is 471 g/mol. The van der Waals surface area contributed by atoms with Crippen molar-refractivity contribution in [1.82, 2.24) is 9.88 Å². The van der Waals surface area contributed by atoms with E-state index in [1.54, 1.807) is 25.1 Å². The Kier molecular flexibility index (Phi) is 6.07. The fraction of sp³-hybridized carbons (Fsp3) is 0.185. The van der Waals surface area contributed by atoms with Crippen molar-refractivity contribution in [2.24, 2.45) is 5.92 Å². The summed E-state index contributed by atoms with van der Waals surface area (Å²) in [7, 11) is 0. The van der Waals surface area contributed by atoms with Gasteiger partial charge in [-0.25, -0.2) is 4.79 Å². The number of hydrogen-bond acceptors (Lipinski definition) is 3. The van der Waals surface area contributed by atoms with Gasteiger partial charge >= 0.3 is 6.09 Å². The molecular formula is C27H22Cl2N2O3. The van der Waals surface area contributed by atoms with Gasteiger partial charge in [-0.3, -0.25) is 9.36 Å². The van der Waals surface area contributed by atoms with E-state index >= 15 is 0 Å². The van der Waals surface area contributed by atoms with E-state index in [4.69, 9.17) is 27.9 Å². The SMILES string of the molecule is Cc1c(OC(=O)N[C@H](c2ccc(Cl)cc2)C2CC2)c2cccc(Cl)c2c(=O)n1-c1ccccc1. The Morgan fingerprint density at radius 1 is 1.00 bits per heavy atom. The maximum Gasteiger partial charge on any atom is 0.413 e. The number of fused-ring (bicyclic) bond motifs is 1. The largest absolute Gasteiger partial charge is 0.413 e. The zero-order valence-electron chi connectivity index (χ0n) is 18.4. The lowest BCUT2D eigenvalue weighted by Gasteiger charge is -2.21. The van der Waals surface area contributed by atoms with Gasteiger partial charge in [0, 0.05) is 16.1 Å². The topological polar surface area (TPSA) is 60.3 Å². The molecule has 7 heteroatoms. The predicted octanol–water partition coefficient (Wildman–Crippen LogP) is 6.85. The first-order chi connectivity index (χ1) is 16.4. The summed E-state index contributed by atoms with van der Waals surface area (Å²) >= 11 is 12.5. The fourth-order valence-corrected chi connectivity index (χ4v) is 4.71. The summed E-state index contributed by atoms with van der Waals surface area (Å²) in [6, 6.07) is 21.6. The Bertz CT molecular complexity index is 1430. The third-order valence-corrected chi connectivity index (χ3v) is 6.71. The molecule has 1 N–H and O–H groups in total. The highest BCUT2D eigenvalue weighted by molar-refractivity contribution is 6.35. The summed E-state index contributed by atoms with van der Waals surface area (Å²) in [6.07, 6.45) is 1.48. The van der Waals surface area contributed by atoms with E-state index in [0.717, 1.165) is 18.4 Å². The van der Waals surface area contributed by atoms with Crippen LogP contribution in [0, 0.1) is 12.8 Å². The van der Waals surface area contributed by atoms with Crippen molar-refractivity contribution in [1.29, 1.82) is 0 Å². The van der Waals surface area contributed by atoms with Crippen LogP contribution < -0.4 is 15.6 Å². The Balaban J connectivity index is 1.55. The molecule has 1 amide bonds. The van der Waals surface area contributed by atoms with Crippen molar-refractivity contribution in [3.63, 3.8) is 0 Å². The first-order valence-electron chi connectivity index (χ1n) is 11.1. The lowest BCUT2D eigenvalue weighted by molar-refractivity contribution is 0.194. The molecule has 0 bridgehead atoms. The van der Waals surface area contributed by atoms with Gasteiger partial charge in [0.1, 0.15) is 0 Å². The van der Waals surface area contributed by atoms with Gasteiger partial charge in [0.15, 0.2) is 5.75 Å². The van der Waals surface area contributed by atoms with Crippen LogP contribution in [0.2, 0.25) is 10.0 Å². The number of carbonyl (C=O) groups excluding carboxylic acids is 1.